The highest BCUT2D eigenvalue weighted by Crippen LogP contribution is 2.49. The van der Waals surface area contributed by atoms with Gasteiger partial charge in [0, 0.05) is 24.2 Å². The number of rotatable bonds is 7. The zero-order chi connectivity index (χ0) is 21.9. The highest BCUT2D eigenvalue weighted by molar-refractivity contribution is 5.99. The van der Waals surface area contributed by atoms with Gasteiger partial charge in [0.1, 0.15) is 5.82 Å². The summed E-state index contributed by atoms with van der Waals surface area (Å²) in [6, 6.07) is 5.46. The van der Waals surface area contributed by atoms with Gasteiger partial charge >= 0.3 is 12.6 Å². The van der Waals surface area contributed by atoms with Crippen LogP contribution >= 0.6 is 0 Å². The summed E-state index contributed by atoms with van der Waals surface area (Å²) < 4.78 is 64.7. The fourth-order valence-corrected chi connectivity index (χ4v) is 3.58. The normalized spacial score (nSPS) is 15.5. The third-order valence-corrected chi connectivity index (χ3v) is 5.26. The molecule has 3 rings (SSSR count). The van der Waals surface area contributed by atoms with Crippen LogP contribution in [0.2, 0.25) is 0 Å². The summed E-state index contributed by atoms with van der Waals surface area (Å²) in [6.45, 7) is -0.630. The van der Waals surface area contributed by atoms with E-state index in [1.54, 1.807) is 11.4 Å². The van der Waals surface area contributed by atoms with Crippen LogP contribution in [0.4, 0.5) is 22.0 Å². The third kappa shape index (κ3) is 4.63. The van der Waals surface area contributed by atoms with Gasteiger partial charge in [-0.2, -0.15) is 22.0 Å². The van der Waals surface area contributed by atoms with E-state index in [0.717, 1.165) is 12.5 Å². The zero-order valence-corrected chi connectivity index (χ0v) is 15.7. The Balaban J connectivity index is 1.75. The molecule has 0 spiro atoms. The lowest BCUT2D eigenvalue weighted by Gasteiger charge is -2.43. The Kier molecular flexibility index (Phi) is 6.14. The molecule has 0 radical (unpaired) electrons. The molecule has 1 aliphatic carbocycles. The predicted octanol–water partition coefficient (Wildman–Crippen LogP) is 3.72. The third-order valence-electron chi connectivity index (χ3n) is 5.26. The number of nitrogens with one attached hydrogen (secondary N) is 1. The smallest absolute Gasteiger partial charge is 0.344 e. The number of halogens is 5. The molecule has 5 nitrogen and oxygen atoms in total. The number of carbonyl (C=O) groups is 2. The summed E-state index contributed by atoms with van der Waals surface area (Å²) in [6.07, 6.45) is -3.26. The summed E-state index contributed by atoms with van der Waals surface area (Å²) in [5.74, 6) is -1.94. The number of nitrogens with zero attached hydrogens (tertiary/aromatic N) is 2. The van der Waals surface area contributed by atoms with E-state index in [-0.39, 0.29) is 23.4 Å². The van der Waals surface area contributed by atoms with Crippen molar-refractivity contribution in [3.8, 4) is 0 Å². The Morgan fingerprint density at radius 1 is 1.10 bits per heavy atom. The number of alkyl halides is 5. The molecule has 1 saturated carbocycles. The second-order valence-corrected chi connectivity index (χ2v) is 7.18. The number of aromatic nitrogens is 2. The first-order valence-electron chi connectivity index (χ1n) is 9.19. The van der Waals surface area contributed by atoms with E-state index in [1.807, 2.05) is 0 Å². The summed E-state index contributed by atoms with van der Waals surface area (Å²) in [7, 11) is 0. The molecule has 1 fully saturated rings. The van der Waals surface area contributed by atoms with Gasteiger partial charge in [0.25, 0.3) is 5.91 Å². The lowest BCUT2D eigenvalue weighted by Crippen LogP contribution is -2.39. The SMILES string of the molecule is O=C(CNC(=O)C(F)F)c1cnc(CC2(c3ccccc3C(F)(F)F)CCC2)nc1. The zero-order valence-electron chi connectivity index (χ0n) is 15.7. The Morgan fingerprint density at radius 2 is 1.73 bits per heavy atom. The molecular weight excluding hydrogens is 409 g/mol. The van der Waals surface area contributed by atoms with E-state index in [1.165, 1.54) is 24.5 Å². The van der Waals surface area contributed by atoms with Gasteiger partial charge in [0.05, 0.1) is 17.7 Å². The van der Waals surface area contributed by atoms with E-state index in [2.05, 4.69) is 9.97 Å². The molecule has 10 heteroatoms. The molecular formula is C20H18F5N3O2. The number of Topliss-reactive ketones (excluding diaryl/α,β-unsaturated/α-hetero) is 1. The van der Waals surface area contributed by atoms with Gasteiger partial charge in [-0.1, -0.05) is 24.6 Å². The number of benzene rings is 1. The minimum absolute atomic E-state index is 0.00617. The van der Waals surface area contributed by atoms with Crippen molar-refractivity contribution in [3.05, 3.63) is 59.2 Å². The Labute approximate surface area is 168 Å². The molecule has 160 valence electrons. The number of ketones is 1. The van der Waals surface area contributed by atoms with Crippen molar-refractivity contribution in [3.63, 3.8) is 0 Å². The fraction of sp³-hybridized carbons (Fsp3) is 0.400. The topological polar surface area (TPSA) is 72.0 Å². The molecule has 0 saturated heterocycles. The average Bonchev–Trinajstić information content (AvgIpc) is 2.68. The summed E-state index contributed by atoms with van der Waals surface area (Å²) in [4.78, 5) is 30.9. The van der Waals surface area contributed by atoms with Gasteiger partial charge in [-0.3, -0.25) is 9.59 Å². The van der Waals surface area contributed by atoms with Crippen LogP contribution < -0.4 is 5.32 Å². The van der Waals surface area contributed by atoms with E-state index in [4.69, 9.17) is 0 Å². The quantitative estimate of drug-likeness (QED) is 0.540. The van der Waals surface area contributed by atoms with Crippen LogP contribution in [0.5, 0.6) is 0 Å². The highest BCUT2D eigenvalue weighted by atomic mass is 19.4. The minimum Gasteiger partial charge on any atom is -0.344 e. The van der Waals surface area contributed by atoms with Crippen molar-refractivity contribution in [1.29, 1.82) is 0 Å². The molecule has 1 aromatic carbocycles. The monoisotopic (exact) mass is 427 g/mol. The van der Waals surface area contributed by atoms with Crippen molar-refractivity contribution >= 4 is 11.7 Å². The maximum absolute atomic E-state index is 13.5. The number of carbonyl (C=O) groups excluding carboxylic acids is 2. The van der Waals surface area contributed by atoms with Crippen LogP contribution in [0.25, 0.3) is 0 Å². The molecule has 0 atom stereocenters. The van der Waals surface area contributed by atoms with Crippen molar-refractivity contribution in [2.75, 3.05) is 6.54 Å². The fourth-order valence-electron chi connectivity index (χ4n) is 3.58. The van der Waals surface area contributed by atoms with E-state index >= 15 is 0 Å². The average molecular weight is 427 g/mol. The van der Waals surface area contributed by atoms with Gasteiger partial charge in [0.15, 0.2) is 5.78 Å². The van der Waals surface area contributed by atoms with Gasteiger partial charge in [-0.05, 0) is 24.5 Å². The first-order valence-corrected chi connectivity index (χ1v) is 9.19. The molecule has 0 aliphatic heterocycles. The Bertz CT molecular complexity index is 925. The molecule has 30 heavy (non-hydrogen) atoms. The van der Waals surface area contributed by atoms with E-state index in [0.29, 0.717) is 12.8 Å². The molecule has 2 aromatic rings. The largest absolute Gasteiger partial charge is 0.416 e. The van der Waals surface area contributed by atoms with Crippen molar-refractivity contribution < 1.29 is 31.5 Å². The van der Waals surface area contributed by atoms with Crippen LogP contribution in [0.15, 0.2) is 36.7 Å². The van der Waals surface area contributed by atoms with Crippen LogP contribution in [0, 0.1) is 0 Å². The molecule has 1 aliphatic rings. The lowest BCUT2D eigenvalue weighted by molar-refractivity contribution is -0.139. The van der Waals surface area contributed by atoms with Crippen molar-refractivity contribution in [2.45, 2.75) is 43.7 Å². The standard InChI is InChI=1S/C20H18F5N3O2/c21-17(22)18(30)28-11-15(29)12-9-26-16(27-10-12)8-19(6-3-7-19)13-4-1-2-5-14(13)20(23,24)25/h1-2,4-5,9-10,17H,3,6-8,11H2,(H,28,30). The van der Waals surface area contributed by atoms with Crippen molar-refractivity contribution in [2.24, 2.45) is 0 Å². The van der Waals surface area contributed by atoms with Crippen LogP contribution in [-0.2, 0) is 22.8 Å². The maximum Gasteiger partial charge on any atom is 0.416 e. The first-order chi connectivity index (χ1) is 14.1. The van der Waals surface area contributed by atoms with Gasteiger partial charge in [0.2, 0.25) is 0 Å². The van der Waals surface area contributed by atoms with Crippen LogP contribution in [0.3, 0.4) is 0 Å². The molecule has 0 bridgehead atoms. The first kappa shape index (κ1) is 21.8. The van der Waals surface area contributed by atoms with Crippen molar-refractivity contribution in [1.82, 2.24) is 15.3 Å². The summed E-state index contributed by atoms with van der Waals surface area (Å²) >= 11 is 0. The summed E-state index contributed by atoms with van der Waals surface area (Å²) in [5.41, 5.74) is -1.19. The number of hydrogen-bond acceptors (Lipinski definition) is 4. The van der Waals surface area contributed by atoms with Gasteiger partial charge in [-0.15, -0.1) is 0 Å². The molecule has 1 heterocycles. The minimum atomic E-state index is -4.47. The molecule has 1 N–H and O–H groups in total. The van der Waals surface area contributed by atoms with E-state index in [9.17, 15) is 31.5 Å². The van der Waals surface area contributed by atoms with Crippen LogP contribution in [0.1, 0.15) is 46.6 Å². The maximum atomic E-state index is 13.5. The molecule has 1 aromatic heterocycles. The number of amides is 1. The second-order valence-electron chi connectivity index (χ2n) is 7.18. The summed E-state index contributed by atoms with van der Waals surface area (Å²) in [5, 5.41) is 1.79. The predicted molar refractivity (Wildman–Crippen MR) is 96.1 cm³/mol. The number of hydrogen-bond donors (Lipinski definition) is 1. The van der Waals surface area contributed by atoms with E-state index < -0.39 is 41.8 Å². The highest BCUT2D eigenvalue weighted by Gasteiger charge is 2.45. The van der Waals surface area contributed by atoms with Crippen LogP contribution in [-0.4, -0.2) is 34.6 Å². The lowest BCUT2D eigenvalue weighted by atomic mass is 9.61. The second kappa shape index (κ2) is 8.45. The molecule has 0 unspecified atom stereocenters. The van der Waals surface area contributed by atoms with Gasteiger partial charge < -0.3 is 5.32 Å². The van der Waals surface area contributed by atoms with Gasteiger partial charge in [-0.25, -0.2) is 9.97 Å². The Hall–Kier alpha value is -2.91. The molecule has 1 amide bonds. The Morgan fingerprint density at radius 3 is 2.27 bits per heavy atom.